The van der Waals surface area contributed by atoms with Gasteiger partial charge >= 0.3 is 0 Å². The van der Waals surface area contributed by atoms with Gasteiger partial charge in [-0.2, -0.15) is 5.10 Å². The van der Waals surface area contributed by atoms with E-state index in [0.29, 0.717) is 0 Å². The van der Waals surface area contributed by atoms with Crippen molar-refractivity contribution in [3.8, 4) is 0 Å². The van der Waals surface area contributed by atoms with Crippen LogP contribution in [0, 0.1) is 6.92 Å². The molecule has 1 unspecified atom stereocenters. The van der Waals surface area contributed by atoms with Crippen LogP contribution in [0.5, 0.6) is 0 Å². The van der Waals surface area contributed by atoms with E-state index in [0.717, 1.165) is 11.4 Å². The summed E-state index contributed by atoms with van der Waals surface area (Å²) in [5.74, 6) is 0. The van der Waals surface area contributed by atoms with Gasteiger partial charge in [0.15, 0.2) is 0 Å². The molecule has 1 atom stereocenters. The first-order valence-electron chi connectivity index (χ1n) is 6.52. The Morgan fingerprint density at radius 3 is 2.53 bits per heavy atom. The normalized spacial score (nSPS) is 12.3. The van der Waals surface area contributed by atoms with E-state index in [2.05, 4.69) is 66.8 Å². The van der Waals surface area contributed by atoms with Gasteiger partial charge in [-0.15, -0.1) is 0 Å². The van der Waals surface area contributed by atoms with Crippen molar-refractivity contribution in [2.75, 3.05) is 24.3 Å². The highest BCUT2D eigenvalue weighted by Crippen LogP contribution is 2.28. The van der Waals surface area contributed by atoms with Gasteiger partial charge in [0.1, 0.15) is 0 Å². The summed E-state index contributed by atoms with van der Waals surface area (Å²) in [6.07, 6.45) is 2.07. The van der Waals surface area contributed by atoms with E-state index in [1.807, 2.05) is 18.7 Å². The van der Waals surface area contributed by atoms with Crippen LogP contribution in [0.15, 0.2) is 30.5 Å². The first-order valence-corrected chi connectivity index (χ1v) is 6.52. The Bertz CT molecular complexity index is 557. The molecule has 4 heteroatoms. The molecule has 1 aromatic heterocycles. The third kappa shape index (κ3) is 2.89. The molecule has 102 valence electrons. The molecule has 0 aliphatic rings. The molecule has 0 saturated carbocycles. The van der Waals surface area contributed by atoms with Crippen LogP contribution in [0.25, 0.3) is 0 Å². The fraction of sp³-hybridized carbons (Fsp3) is 0.400. The molecule has 0 fully saturated rings. The maximum absolute atomic E-state index is 4.40. The fourth-order valence-electron chi connectivity index (χ4n) is 2.34. The minimum Gasteiger partial charge on any atom is -0.377 e. The quantitative estimate of drug-likeness (QED) is 0.915. The summed E-state index contributed by atoms with van der Waals surface area (Å²) in [6.45, 7) is 4.21. The number of anilines is 2. The Hall–Kier alpha value is -1.97. The standard InChI is InChI=1S/C15H22N4/c1-11(13-10-19(5)17-12(13)2)16-14-8-6-7-9-15(14)18(3)4/h6-11,16H,1-5H3. The van der Waals surface area contributed by atoms with Crippen LogP contribution in [-0.4, -0.2) is 23.9 Å². The minimum atomic E-state index is 0.231. The molecule has 0 spiro atoms. The minimum absolute atomic E-state index is 0.231. The summed E-state index contributed by atoms with van der Waals surface area (Å²) in [5, 5.41) is 7.96. The number of aromatic nitrogens is 2. The fourth-order valence-corrected chi connectivity index (χ4v) is 2.34. The molecule has 0 saturated heterocycles. The highest BCUT2D eigenvalue weighted by atomic mass is 15.3. The third-order valence-corrected chi connectivity index (χ3v) is 3.28. The second-order valence-electron chi connectivity index (χ2n) is 5.12. The van der Waals surface area contributed by atoms with E-state index in [1.54, 1.807) is 0 Å². The molecule has 0 aliphatic carbocycles. The highest BCUT2D eigenvalue weighted by Gasteiger charge is 2.13. The molecule has 1 N–H and O–H groups in total. The van der Waals surface area contributed by atoms with Gasteiger partial charge < -0.3 is 10.2 Å². The molecule has 1 aromatic carbocycles. The zero-order valence-electron chi connectivity index (χ0n) is 12.3. The third-order valence-electron chi connectivity index (χ3n) is 3.28. The lowest BCUT2D eigenvalue weighted by atomic mass is 10.1. The maximum Gasteiger partial charge on any atom is 0.0646 e. The van der Waals surface area contributed by atoms with E-state index < -0.39 is 0 Å². The topological polar surface area (TPSA) is 33.1 Å². The Morgan fingerprint density at radius 1 is 1.26 bits per heavy atom. The number of rotatable bonds is 4. The Morgan fingerprint density at radius 2 is 1.95 bits per heavy atom. The Kier molecular flexibility index (Phi) is 3.79. The molecule has 19 heavy (non-hydrogen) atoms. The maximum atomic E-state index is 4.40. The summed E-state index contributed by atoms with van der Waals surface area (Å²) < 4.78 is 1.86. The predicted molar refractivity (Wildman–Crippen MR) is 80.8 cm³/mol. The lowest BCUT2D eigenvalue weighted by Gasteiger charge is -2.21. The van der Waals surface area contributed by atoms with Gasteiger partial charge in [-0.3, -0.25) is 4.68 Å². The molecule has 0 amide bonds. The van der Waals surface area contributed by atoms with Crippen molar-refractivity contribution in [2.45, 2.75) is 19.9 Å². The van der Waals surface area contributed by atoms with Crippen molar-refractivity contribution in [3.05, 3.63) is 41.7 Å². The van der Waals surface area contributed by atoms with Crippen LogP contribution < -0.4 is 10.2 Å². The van der Waals surface area contributed by atoms with Crippen LogP contribution >= 0.6 is 0 Å². The molecule has 2 rings (SSSR count). The van der Waals surface area contributed by atoms with Gasteiger partial charge in [-0.05, 0) is 26.0 Å². The number of nitrogens with one attached hydrogen (secondary N) is 1. The van der Waals surface area contributed by atoms with Crippen molar-refractivity contribution >= 4 is 11.4 Å². The van der Waals surface area contributed by atoms with Crippen molar-refractivity contribution in [1.82, 2.24) is 9.78 Å². The van der Waals surface area contributed by atoms with Gasteiger partial charge in [0.2, 0.25) is 0 Å². The second kappa shape index (κ2) is 5.34. The number of nitrogens with zero attached hydrogens (tertiary/aromatic N) is 3. The van der Waals surface area contributed by atoms with Crippen LogP contribution in [0.4, 0.5) is 11.4 Å². The first kappa shape index (κ1) is 13.5. The first-order chi connectivity index (χ1) is 8.99. The van der Waals surface area contributed by atoms with Gasteiger partial charge in [0.25, 0.3) is 0 Å². The molecular formula is C15H22N4. The lowest BCUT2D eigenvalue weighted by molar-refractivity contribution is 0.756. The van der Waals surface area contributed by atoms with Crippen molar-refractivity contribution in [1.29, 1.82) is 0 Å². The number of hydrogen-bond acceptors (Lipinski definition) is 3. The zero-order chi connectivity index (χ0) is 14.0. The largest absolute Gasteiger partial charge is 0.377 e. The van der Waals surface area contributed by atoms with Gasteiger partial charge in [-0.1, -0.05) is 12.1 Å². The van der Waals surface area contributed by atoms with E-state index >= 15 is 0 Å². The van der Waals surface area contributed by atoms with Crippen molar-refractivity contribution in [3.63, 3.8) is 0 Å². The summed E-state index contributed by atoms with van der Waals surface area (Å²) >= 11 is 0. The highest BCUT2D eigenvalue weighted by molar-refractivity contribution is 5.69. The Labute approximate surface area is 115 Å². The van der Waals surface area contributed by atoms with Crippen molar-refractivity contribution < 1.29 is 0 Å². The van der Waals surface area contributed by atoms with Gasteiger partial charge in [0, 0.05) is 32.9 Å². The van der Waals surface area contributed by atoms with Crippen LogP contribution in [-0.2, 0) is 7.05 Å². The van der Waals surface area contributed by atoms with Gasteiger partial charge in [0.05, 0.1) is 23.1 Å². The molecule has 1 heterocycles. The van der Waals surface area contributed by atoms with Crippen LogP contribution in [0.2, 0.25) is 0 Å². The summed E-state index contributed by atoms with van der Waals surface area (Å²) in [5.41, 5.74) is 4.64. The average molecular weight is 258 g/mol. The Balaban J connectivity index is 2.24. The van der Waals surface area contributed by atoms with E-state index in [4.69, 9.17) is 0 Å². The van der Waals surface area contributed by atoms with E-state index in [1.165, 1.54) is 11.3 Å². The monoisotopic (exact) mass is 258 g/mol. The van der Waals surface area contributed by atoms with Crippen LogP contribution in [0.1, 0.15) is 24.2 Å². The summed E-state index contributed by atoms with van der Waals surface area (Å²) in [7, 11) is 6.07. The number of benzene rings is 1. The smallest absolute Gasteiger partial charge is 0.0646 e. The molecule has 0 bridgehead atoms. The number of aryl methyl sites for hydroxylation is 2. The zero-order valence-corrected chi connectivity index (χ0v) is 12.3. The summed E-state index contributed by atoms with van der Waals surface area (Å²) in [4.78, 5) is 2.12. The average Bonchev–Trinajstić information content (AvgIpc) is 2.69. The predicted octanol–water partition coefficient (Wildman–Crippen LogP) is 2.97. The van der Waals surface area contributed by atoms with E-state index in [9.17, 15) is 0 Å². The molecule has 4 nitrogen and oxygen atoms in total. The molecule has 0 radical (unpaired) electrons. The van der Waals surface area contributed by atoms with Crippen LogP contribution in [0.3, 0.4) is 0 Å². The molecule has 0 aliphatic heterocycles. The summed E-state index contributed by atoms with van der Waals surface area (Å²) in [6, 6.07) is 8.57. The van der Waals surface area contributed by atoms with E-state index in [-0.39, 0.29) is 6.04 Å². The number of para-hydroxylation sites is 2. The molecule has 2 aromatic rings. The number of hydrogen-bond donors (Lipinski definition) is 1. The van der Waals surface area contributed by atoms with Gasteiger partial charge in [-0.25, -0.2) is 0 Å². The second-order valence-corrected chi connectivity index (χ2v) is 5.12. The lowest BCUT2D eigenvalue weighted by Crippen LogP contribution is -2.14. The molecular weight excluding hydrogens is 236 g/mol. The van der Waals surface area contributed by atoms with Crippen molar-refractivity contribution in [2.24, 2.45) is 7.05 Å². The SMILES string of the molecule is Cc1nn(C)cc1C(C)Nc1ccccc1N(C)C.